The van der Waals surface area contributed by atoms with Crippen LogP contribution in [0.25, 0.3) is 0 Å². The number of amides is 2. The van der Waals surface area contributed by atoms with E-state index < -0.39 is 5.41 Å². The van der Waals surface area contributed by atoms with Crippen LogP contribution in [-0.2, 0) is 9.59 Å². The van der Waals surface area contributed by atoms with Crippen LogP contribution in [0.2, 0.25) is 0 Å². The van der Waals surface area contributed by atoms with Crippen molar-refractivity contribution in [2.75, 3.05) is 39.8 Å². The summed E-state index contributed by atoms with van der Waals surface area (Å²) in [7, 11) is 1.85. The van der Waals surface area contributed by atoms with E-state index in [0.29, 0.717) is 26.2 Å². The number of hydrogen-bond acceptors (Lipinski definition) is 4. The fraction of sp³-hybridized carbons (Fsp3) is 0.867. The molecular formula is C15H32N4O2. The first-order chi connectivity index (χ1) is 9.61. The lowest BCUT2D eigenvalue weighted by atomic mass is 9.92. The van der Waals surface area contributed by atoms with E-state index in [1.165, 1.54) is 0 Å². The van der Waals surface area contributed by atoms with Crippen molar-refractivity contribution in [1.82, 2.24) is 21.3 Å². The Morgan fingerprint density at radius 1 is 0.810 bits per heavy atom. The van der Waals surface area contributed by atoms with Crippen molar-refractivity contribution >= 4 is 11.8 Å². The molecule has 0 saturated carbocycles. The van der Waals surface area contributed by atoms with Crippen LogP contribution >= 0.6 is 0 Å². The first kappa shape index (κ1) is 19.9. The van der Waals surface area contributed by atoms with Crippen LogP contribution in [-0.4, -0.2) is 51.6 Å². The highest BCUT2D eigenvalue weighted by molar-refractivity contribution is 5.82. The lowest BCUT2D eigenvalue weighted by Gasteiger charge is -2.24. The van der Waals surface area contributed by atoms with Crippen LogP contribution < -0.4 is 21.3 Å². The number of carbonyl (C=O) groups excluding carboxylic acids is 2. The van der Waals surface area contributed by atoms with Gasteiger partial charge in [-0.05, 0) is 20.9 Å². The van der Waals surface area contributed by atoms with Crippen molar-refractivity contribution in [3.63, 3.8) is 0 Å². The maximum absolute atomic E-state index is 12.0. The first-order valence-corrected chi connectivity index (χ1v) is 7.53. The fourth-order valence-electron chi connectivity index (χ4n) is 1.55. The zero-order valence-electron chi connectivity index (χ0n) is 14.4. The van der Waals surface area contributed by atoms with Gasteiger partial charge in [0.2, 0.25) is 11.8 Å². The molecule has 0 saturated heterocycles. The van der Waals surface area contributed by atoms with E-state index in [-0.39, 0.29) is 17.2 Å². The zero-order valence-corrected chi connectivity index (χ0v) is 14.4. The van der Waals surface area contributed by atoms with E-state index in [9.17, 15) is 9.59 Å². The number of likely N-dealkylation sites (N-methyl/N-ethyl adjacent to an activating group) is 1. The highest BCUT2D eigenvalue weighted by Gasteiger charge is 2.26. The standard InChI is InChI=1S/C15H32N4O2/c1-14(2,3)12(20)18-10-8-17-11-15(4,5)13(21)19-9-7-16-6/h16-17H,7-11H2,1-6H3,(H,18,20)(H,19,21). The van der Waals surface area contributed by atoms with Gasteiger partial charge in [-0.3, -0.25) is 9.59 Å². The molecule has 0 aliphatic carbocycles. The summed E-state index contributed by atoms with van der Waals surface area (Å²) in [4.78, 5) is 23.7. The molecular weight excluding hydrogens is 268 g/mol. The number of rotatable bonds is 9. The van der Waals surface area contributed by atoms with Gasteiger partial charge < -0.3 is 21.3 Å². The fourth-order valence-corrected chi connectivity index (χ4v) is 1.55. The maximum atomic E-state index is 12.0. The van der Waals surface area contributed by atoms with Gasteiger partial charge in [0.25, 0.3) is 0 Å². The molecule has 21 heavy (non-hydrogen) atoms. The molecule has 0 rings (SSSR count). The largest absolute Gasteiger partial charge is 0.354 e. The molecule has 0 unspecified atom stereocenters. The van der Waals surface area contributed by atoms with Gasteiger partial charge in [-0.15, -0.1) is 0 Å². The smallest absolute Gasteiger partial charge is 0.226 e. The topological polar surface area (TPSA) is 82.3 Å². The second-order valence-electron chi connectivity index (χ2n) is 6.93. The quantitative estimate of drug-likeness (QED) is 0.455. The second kappa shape index (κ2) is 9.00. The monoisotopic (exact) mass is 300 g/mol. The molecule has 0 aromatic heterocycles. The Labute approximate surface area is 128 Å². The molecule has 0 atom stereocenters. The zero-order chi connectivity index (χ0) is 16.5. The average molecular weight is 300 g/mol. The minimum Gasteiger partial charge on any atom is -0.354 e. The molecule has 124 valence electrons. The average Bonchev–Trinajstić information content (AvgIpc) is 2.37. The van der Waals surface area contributed by atoms with Crippen LogP contribution in [0.3, 0.4) is 0 Å². The van der Waals surface area contributed by atoms with Crippen molar-refractivity contribution in [1.29, 1.82) is 0 Å². The van der Waals surface area contributed by atoms with Crippen LogP contribution in [0.1, 0.15) is 34.6 Å². The Morgan fingerprint density at radius 3 is 1.86 bits per heavy atom. The van der Waals surface area contributed by atoms with E-state index in [4.69, 9.17) is 0 Å². The SMILES string of the molecule is CNCCNC(=O)C(C)(C)CNCCNC(=O)C(C)(C)C. The minimum atomic E-state index is -0.470. The molecule has 0 aliphatic heterocycles. The van der Waals surface area contributed by atoms with Gasteiger partial charge >= 0.3 is 0 Å². The summed E-state index contributed by atoms with van der Waals surface area (Å²) in [6, 6.07) is 0. The summed E-state index contributed by atoms with van der Waals surface area (Å²) in [5.74, 6) is 0.0670. The van der Waals surface area contributed by atoms with Crippen molar-refractivity contribution in [2.24, 2.45) is 10.8 Å². The lowest BCUT2D eigenvalue weighted by Crippen LogP contribution is -2.46. The molecule has 0 radical (unpaired) electrons. The van der Waals surface area contributed by atoms with Crippen LogP contribution in [0, 0.1) is 10.8 Å². The molecule has 6 nitrogen and oxygen atoms in total. The molecule has 0 aliphatic rings. The molecule has 0 aromatic rings. The molecule has 0 aromatic carbocycles. The highest BCUT2D eigenvalue weighted by Crippen LogP contribution is 2.13. The number of carbonyl (C=O) groups is 2. The molecule has 2 amide bonds. The second-order valence-corrected chi connectivity index (χ2v) is 6.93. The lowest BCUT2D eigenvalue weighted by molar-refractivity contribution is -0.129. The molecule has 6 heteroatoms. The van der Waals surface area contributed by atoms with E-state index in [1.807, 2.05) is 41.7 Å². The van der Waals surface area contributed by atoms with Gasteiger partial charge in [-0.1, -0.05) is 20.8 Å². The normalized spacial score (nSPS) is 12.1. The number of hydrogen-bond donors (Lipinski definition) is 4. The van der Waals surface area contributed by atoms with E-state index in [0.717, 1.165) is 6.54 Å². The maximum Gasteiger partial charge on any atom is 0.226 e. The Kier molecular flexibility index (Phi) is 8.51. The predicted molar refractivity (Wildman–Crippen MR) is 86.1 cm³/mol. The summed E-state index contributed by atoms with van der Waals surface area (Å²) in [6.07, 6.45) is 0. The van der Waals surface area contributed by atoms with Gasteiger partial charge in [0.05, 0.1) is 5.41 Å². The van der Waals surface area contributed by atoms with E-state index in [1.54, 1.807) is 0 Å². The number of nitrogens with one attached hydrogen (secondary N) is 4. The third kappa shape index (κ3) is 8.67. The summed E-state index contributed by atoms with van der Waals surface area (Å²) >= 11 is 0. The molecule has 0 spiro atoms. The molecule has 0 fully saturated rings. The minimum absolute atomic E-state index is 0.0315. The van der Waals surface area contributed by atoms with Crippen LogP contribution in [0.5, 0.6) is 0 Å². The summed E-state index contributed by atoms with van der Waals surface area (Å²) in [5, 5.41) is 12.0. The van der Waals surface area contributed by atoms with Gasteiger partial charge in [0.1, 0.15) is 0 Å². The Hall–Kier alpha value is -1.14. The van der Waals surface area contributed by atoms with Crippen molar-refractivity contribution < 1.29 is 9.59 Å². The third-order valence-electron chi connectivity index (χ3n) is 3.11. The Balaban J connectivity index is 3.89. The molecule has 4 N–H and O–H groups in total. The first-order valence-electron chi connectivity index (χ1n) is 7.53. The van der Waals surface area contributed by atoms with Gasteiger partial charge in [-0.25, -0.2) is 0 Å². The van der Waals surface area contributed by atoms with Crippen molar-refractivity contribution in [3.8, 4) is 0 Å². The summed E-state index contributed by atoms with van der Waals surface area (Å²) < 4.78 is 0. The van der Waals surface area contributed by atoms with E-state index in [2.05, 4.69) is 21.3 Å². The predicted octanol–water partition coefficient (Wildman–Crippen LogP) is 0.100. The summed E-state index contributed by atoms with van der Waals surface area (Å²) in [5.41, 5.74) is -0.839. The Morgan fingerprint density at radius 2 is 1.33 bits per heavy atom. The van der Waals surface area contributed by atoms with Gasteiger partial charge in [0.15, 0.2) is 0 Å². The van der Waals surface area contributed by atoms with Crippen LogP contribution in [0.4, 0.5) is 0 Å². The molecule has 0 bridgehead atoms. The van der Waals surface area contributed by atoms with Crippen molar-refractivity contribution in [3.05, 3.63) is 0 Å². The van der Waals surface area contributed by atoms with Gasteiger partial charge in [-0.2, -0.15) is 0 Å². The summed E-state index contributed by atoms with van der Waals surface area (Å²) in [6.45, 7) is 12.6. The van der Waals surface area contributed by atoms with E-state index >= 15 is 0 Å². The third-order valence-corrected chi connectivity index (χ3v) is 3.11. The Bertz CT molecular complexity index is 335. The van der Waals surface area contributed by atoms with Crippen LogP contribution in [0.15, 0.2) is 0 Å². The van der Waals surface area contributed by atoms with Gasteiger partial charge in [0, 0.05) is 38.1 Å². The van der Waals surface area contributed by atoms with Crippen molar-refractivity contribution in [2.45, 2.75) is 34.6 Å². The molecule has 0 heterocycles. The highest BCUT2D eigenvalue weighted by atomic mass is 16.2.